The standard InChI is InChI=1S/C16H18N2O3/c1-11-14(9-18(2)17-11)16(19)21-10-12-7-8-20-15-6-4-3-5-13(12)15/h3-6,9,12H,7-8,10H2,1-2H3/t12-/m0/s1. The van der Waals surface area contributed by atoms with Crippen LogP contribution in [0.25, 0.3) is 0 Å². The van der Waals surface area contributed by atoms with Crippen molar-refractivity contribution >= 4 is 5.97 Å². The fraction of sp³-hybridized carbons (Fsp3) is 0.375. The van der Waals surface area contributed by atoms with Crippen LogP contribution < -0.4 is 4.74 Å². The minimum Gasteiger partial charge on any atom is -0.493 e. The number of carbonyl (C=O) groups is 1. The summed E-state index contributed by atoms with van der Waals surface area (Å²) in [6.07, 6.45) is 2.55. The van der Waals surface area contributed by atoms with Crippen molar-refractivity contribution in [3.8, 4) is 5.75 Å². The molecule has 1 aromatic heterocycles. The number of nitrogens with zero attached hydrogens (tertiary/aromatic N) is 2. The molecule has 0 amide bonds. The Morgan fingerprint density at radius 2 is 2.29 bits per heavy atom. The Labute approximate surface area is 123 Å². The molecule has 1 aliphatic rings. The van der Waals surface area contributed by atoms with Gasteiger partial charge in [0.15, 0.2) is 0 Å². The summed E-state index contributed by atoms with van der Waals surface area (Å²) in [6.45, 7) is 2.83. The maximum Gasteiger partial charge on any atom is 0.341 e. The molecule has 1 aliphatic heterocycles. The molecule has 3 rings (SSSR count). The fourth-order valence-corrected chi connectivity index (χ4v) is 2.64. The molecule has 0 fully saturated rings. The molecule has 0 radical (unpaired) electrons. The van der Waals surface area contributed by atoms with E-state index >= 15 is 0 Å². The molecule has 0 N–H and O–H groups in total. The molecule has 5 nitrogen and oxygen atoms in total. The van der Waals surface area contributed by atoms with Crippen molar-refractivity contribution in [1.29, 1.82) is 0 Å². The Bertz CT molecular complexity index is 663. The van der Waals surface area contributed by atoms with Gasteiger partial charge in [0.05, 0.1) is 18.9 Å². The third kappa shape index (κ3) is 2.77. The molecule has 110 valence electrons. The van der Waals surface area contributed by atoms with E-state index in [9.17, 15) is 4.79 Å². The Morgan fingerprint density at radius 3 is 3.05 bits per heavy atom. The number of ether oxygens (including phenoxy) is 2. The van der Waals surface area contributed by atoms with Crippen molar-refractivity contribution < 1.29 is 14.3 Å². The molecule has 0 aliphatic carbocycles. The number of aryl methyl sites for hydroxylation is 2. The minimum absolute atomic E-state index is 0.191. The van der Waals surface area contributed by atoms with Crippen LogP contribution in [-0.4, -0.2) is 29.0 Å². The lowest BCUT2D eigenvalue weighted by molar-refractivity contribution is 0.0458. The molecule has 0 spiro atoms. The van der Waals surface area contributed by atoms with Gasteiger partial charge in [-0.2, -0.15) is 5.10 Å². The van der Waals surface area contributed by atoms with Gasteiger partial charge >= 0.3 is 5.97 Å². The smallest absolute Gasteiger partial charge is 0.341 e. The van der Waals surface area contributed by atoms with E-state index in [2.05, 4.69) is 5.10 Å². The van der Waals surface area contributed by atoms with E-state index in [-0.39, 0.29) is 11.9 Å². The zero-order valence-electron chi connectivity index (χ0n) is 12.2. The van der Waals surface area contributed by atoms with E-state index in [1.54, 1.807) is 24.9 Å². The molecule has 5 heteroatoms. The molecule has 0 bridgehead atoms. The molecule has 2 aromatic rings. The van der Waals surface area contributed by atoms with Gasteiger partial charge in [0.1, 0.15) is 11.3 Å². The molecular weight excluding hydrogens is 268 g/mol. The summed E-state index contributed by atoms with van der Waals surface area (Å²) >= 11 is 0. The lowest BCUT2D eigenvalue weighted by Crippen LogP contribution is -2.20. The lowest BCUT2D eigenvalue weighted by atomic mass is 9.94. The van der Waals surface area contributed by atoms with E-state index in [1.807, 2.05) is 24.3 Å². The number of rotatable bonds is 3. The Hall–Kier alpha value is -2.30. The zero-order chi connectivity index (χ0) is 14.8. The average molecular weight is 286 g/mol. The highest BCUT2D eigenvalue weighted by Crippen LogP contribution is 2.33. The molecule has 1 atom stereocenters. The first-order valence-corrected chi connectivity index (χ1v) is 7.04. The second kappa shape index (κ2) is 5.60. The van der Waals surface area contributed by atoms with Crippen molar-refractivity contribution in [2.75, 3.05) is 13.2 Å². The molecule has 21 heavy (non-hydrogen) atoms. The van der Waals surface area contributed by atoms with Gasteiger partial charge in [-0.1, -0.05) is 18.2 Å². The Kier molecular flexibility index (Phi) is 3.64. The summed E-state index contributed by atoms with van der Waals surface area (Å²) in [5.74, 6) is 0.766. The largest absolute Gasteiger partial charge is 0.493 e. The predicted molar refractivity (Wildman–Crippen MR) is 77.5 cm³/mol. The normalized spacial score (nSPS) is 17.0. The van der Waals surface area contributed by atoms with Gasteiger partial charge in [-0.3, -0.25) is 4.68 Å². The van der Waals surface area contributed by atoms with Crippen molar-refractivity contribution in [3.05, 3.63) is 47.3 Å². The molecule has 0 unspecified atom stereocenters. The van der Waals surface area contributed by atoms with Crippen LogP contribution in [-0.2, 0) is 11.8 Å². The first-order valence-electron chi connectivity index (χ1n) is 7.04. The van der Waals surface area contributed by atoms with Crippen LogP contribution in [0.5, 0.6) is 5.75 Å². The summed E-state index contributed by atoms with van der Waals surface area (Å²) in [5.41, 5.74) is 2.33. The van der Waals surface area contributed by atoms with Crippen molar-refractivity contribution in [1.82, 2.24) is 9.78 Å². The average Bonchev–Trinajstić information content (AvgIpc) is 2.83. The number of hydrogen-bond donors (Lipinski definition) is 0. The predicted octanol–water partition coefficient (Wildman–Crippen LogP) is 2.45. The summed E-state index contributed by atoms with van der Waals surface area (Å²) in [5, 5.41) is 4.16. The fourth-order valence-electron chi connectivity index (χ4n) is 2.64. The van der Waals surface area contributed by atoms with Crippen LogP contribution in [0.3, 0.4) is 0 Å². The van der Waals surface area contributed by atoms with Crippen LogP contribution in [0.15, 0.2) is 30.5 Å². The summed E-state index contributed by atoms with van der Waals surface area (Å²) < 4.78 is 12.7. The lowest BCUT2D eigenvalue weighted by Gasteiger charge is -2.25. The molecule has 0 saturated heterocycles. The highest BCUT2D eigenvalue weighted by atomic mass is 16.5. The van der Waals surface area contributed by atoms with E-state index in [1.165, 1.54) is 0 Å². The third-order valence-corrected chi connectivity index (χ3v) is 3.73. The van der Waals surface area contributed by atoms with E-state index in [0.717, 1.165) is 17.7 Å². The number of benzene rings is 1. The highest BCUT2D eigenvalue weighted by Gasteiger charge is 2.23. The quantitative estimate of drug-likeness (QED) is 0.813. The second-order valence-electron chi connectivity index (χ2n) is 5.27. The SMILES string of the molecule is Cc1nn(C)cc1C(=O)OC[C@@H]1CCOc2ccccc21. The summed E-state index contributed by atoms with van der Waals surface area (Å²) in [4.78, 5) is 12.1. The van der Waals surface area contributed by atoms with Crippen molar-refractivity contribution in [3.63, 3.8) is 0 Å². The van der Waals surface area contributed by atoms with E-state index < -0.39 is 0 Å². The van der Waals surface area contributed by atoms with Crippen LogP contribution in [0, 0.1) is 6.92 Å². The molecular formula is C16H18N2O3. The monoisotopic (exact) mass is 286 g/mol. The van der Waals surface area contributed by atoms with Crippen molar-refractivity contribution in [2.24, 2.45) is 7.05 Å². The summed E-state index contributed by atoms with van der Waals surface area (Å²) in [6, 6.07) is 7.91. The van der Waals surface area contributed by atoms with Gasteiger partial charge in [0.2, 0.25) is 0 Å². The first-order chi connectivity index (χ1) is 10.1. The van der Waals surface area contributed by atoms with E-state index in [0.29, 0.717) is 24.5 Å². The first kappa shape index (κ1) is 13.7. The van der Waals surface area contributed by atoms with Gasteiger partial charge < -0.3 is 9.47 Å². The molecule has 2 heterocycles. The maximum absolute atomic E-state index is 12.1. The zero-order valence-corrected chi connectivity index (χ0v) is 12.2. The Balaban J connectivity index is 1.69. The summed E-state index contributed by atoms with van der Waals surface area (Å²) in [7, 11) is 1.79. The molecule has 0 saturated carbocycles. The van der Waals surface area contributed by atoms with Crippen LogP contribution >= 0.6 is 0 Å². The van der Waals surface area contributed by atoms with E-state index in [4.69, 9.17) is 9.47 Å². The van der Waals surface area contributed by atoms with Gasteiger partial charge in [-0.15, -0.1) is 0 Å². The van der Waals surface area contributed by atoms with Gasteiger partial charge in [0, 0.05) is 24.7 Å². The van der Waals surface area contributed by atoms with Crippen molar-refractivity contribution in [2.45, 2.75) is 19.3 Å². The van der Waals surface area contributed by atoms with Gasteiger partial charge in [-0.25, -0.2) is 4.79 Å². The second-order valence-corrected chi connectivity index (χ2v) is 5.27. The maximum atomic E-state index is 12.1. The minimum atomic E-state index is -0.315. The number of esters is 1. The number of fused-ring (bicyclic) bond motifs is 1. The van der Waals surface area contributed by atoms with Crippen LogP contribution in [0.4, 0.5) is 0 Å². The topological polar surface area (TPSA) is 53.4 Å². The third-order valence-electron chi connectivity index (χ3n) is 3.73. The van der Waals surface area contributed by atoms with Crippen LogP contribution in [0.2, 0.25) is 0 Å². The van der Waals surface area contributed by atoms with Crippen LogP contribution in [0.1, 0.15) is 34.0 Å². The molecule has 1 aromatic carbocycles. The number of para-hydroxylation sites is 1. The highest BCUT2D eigenvalue weighted by molar-refractivity contribution is 5.90. The number of carbonyl (C=O) groups excluding carboxylic acids is 1. The number of hydrogen-bond acceptors (Lipinski definition) is 4. The Morgan fingerprint density at radius 1 is 1.48 bits per heavy atom. The van der Waals surface area contributed by atoms with Gasteiger partial charge in [-0.05, 0) is 19.4 Å². The number of aromatic nitrogens is 2. The van der Waals surface area contributed by atoms with Gasteiger partial charge in [0.25, 0.3) is 0 Å².